The van der Waals surface area contributed by atoms with E-state index < -0.39 is 6.11 Å². The average molecular weight is 250 g/mol. The van der Waals surface area contributed by atoms with Crippen molar-refractivity contribution in [2.24, 2.45) is 0 Å². The van der Waals surface area contributed by atoms with Gasteiger partial charge in [0, 0.05) is 11.6 Å². The van der Waals surface area contributed by atoms with Gasteiger partial charge in [-0.05, 0) is 35.9 Å². The van der Waals surface area contributed by atoms with E-state index in [1.165, 1.54) is 24.3 Å². The second-order valence-electron chi connectivity index (χ2n) is 4.03. The summed E-state index contributed by atoms with van der Waals surface area (Å²) in [5.74, 6) is -0.482. The first-order valence-corrected chi connectivity index (χ1v) is 5.21. The second kappa shape index (κ2) is 3.35. The maximum Gasteiger partial charge on any atom is 0.427 e. The van der Waals surface area contributed by atoms with E-state index in [-0.39, 0.29) is 28.4 Å². The Labute approximate surface area is 101 Å². The van der Waals surface area contributed by atoms with Crippen LogP contribution in [0.3, 0.4) is 0 Å². The highest BCUT2D eigenvalue weighted by Crippen LogP contribution is 2.48. The number of aromatic hydroxyl groups is 2. The highest BCUT2D eigenvalue weighted by atomic mass is 19.3. The van der Waals surface area contributed by atoms with Crippen LogP contribution in [0.1, 0.15) is 5.56 Å². The molecule has 0 saturated heterocycles. The van der Waals surface area contributed by atoms with Crippen molar-refractivity contribution in [2.75, 3.05) is 0 Å². The van der Waals surface area contributed by atoms with Gasteiger partial charge < -0.3 is 14.9 Å². The third-order valence-electron chi connectivity index (χ3n) is 2.81. The standard InChI is InChI=1S/C13H8F2O3/c14-13(15)11-5-7(16)1-3-9(11)10-4-2-8(17)6-12(10)18-13/h1-6,16-17H. The lowest BCUT2D eigenvalue weighted by molar-refractivity contribution is -0.187. The molecule has 0 saturated carbocycles. The third kappa shape index (κ3) is 1.48. The fourth-order valence-electron chi connectivity index (χ4n) is 2.02. The fourth-order valence-corrected chi connectivity index (χ4v) is 2.02. The van der Waals surface area contributed by atoms with Crippen LogP contribution in [-0.4, -0.2) is 10.2 Å². The summed E-state index contributed by atoms with van der Waals surface area (Å²) in [7, 11) is 0. The minimum absolute atomic E-state index is 0.0850. The molecule has 0 amide bonds. The molecule has 1 aliphatic heterocycles. The van der Waals surface area contributed by atoms with Crippen LogP contribution < -0.4 is 4.74 Å². The van der Waals surface area contributed by atoms with Crippen molar-refractivity contribution < 1.29 is 23.7 Å². The lowest BCUT2D eigenvalue weighted by atomic mass is 9.95. The molecule has 18 heavy (non-hydrogen) atoms. The predicted octanol–water partition coefficient (Wildman–Crippen LogP) is 3.21. The monoisotopic (exact) mass is 250 g/mol. The number of benzene rings is 2. The van der Waals surface area contributed by atoms with Gasteiger partial charge in [0.05, 0.1) is 5.56 Å². The molecule has 1 heterocycles. The summed E-state index contributed by atoms with van der Waals surface area (Å²) in [6.45, 7) is 0. The van der Waals surface area contributed by atoms with E-state index in [4.69, 9.17) is 0 Å². The zero-order valence-corrected chi connectivity index (χ0v) is 9.02. The molecule has 1 aliphatic rings. The van der Waals surface area contributed by atoms with Gasteiger partial charge in [-0.3, -0.25) is 0 Å². The van der Waals surface area contributed by atoms with Gasteiger partial charge in [0.1, 0.15) is 17.2 Å². The molecule has 0 fully saturated rings. The van der Waals surface area contributed by atoms with Gasteiger partial charge in [0.25, 0.3) is 0 Å². The molecular formula is C13H8F2O3. The SMILES string of the molecule is Oc1ccc2c(c1)OC(F)(F)c1cc(O)ccc1-2. The minimum Gasteiger partial charge on any atom is -0.508 e. The van der Waals surface area contributed by atoms with Crippen molar-refractivity contribution >= 4 is 0 Å². The fraction of sp³-hybridized carbons (Fsp3) is 0.0769. The van der Waals surface area contributed by atoms with Crippen molar-refractivity contribution in [3.63, 3.8) is 0 Å². The van der Waals surface area contributed by atoms with Crippen LogP contribution in [0.15, 0.2) is 36.4 Å². The maximum absolute atomic E-state index is 13.8. The summed E-state index contributed by atoms with van der Waals surface area (Å²) in [5.41, 5.74) is 0.341. The number of alkyl halides is 2. The van der Waals surface area contributed by atoms with Crippen LogP contribution in [0.25, 0.3) is 11.1 Å². The molecule has 0 radical (unpaired) electrons. The number of phenols is 2. The van der Waals surface area contributed by atoms with E-state index in [9.17, 15) is 19.0 Å². The third-order valence-corrected chi connectivity index (χ3v) is 2.81. The molecule has 0 unspecified atom stereocenters. The first-order chi connectivity index (χ1) is 8.47. The molecule has 3 nitrogen and oxygen atoms in total. The number of phenolic OH excluding ortho intramolecular Hbond substituents is 2. The Balaban J connectivity index is 2.31. The van der Waals surface area contributed by atoms with Crippen LogP contribution >= 0.6 is 0 Å². The maximum atomic E-state index is 13.8. The van der Waals surface area contributed by atoms with E-state index in [1.807, 2.05) is 0 Å². The number of rotatable bonds is 0. The van der Waals surface area contributed by atoms with Crippen molar-refractivity contribution in [2.45, 2.75) is 6.11 Å². The van der Waals surface area contributed by atoms with Gasteiger partial charge >= 0.3 is 6.11 Å². The molecule has 2 N–H and O–H groups in total. The summed E-state index contributed by atoms with van der Waals surface area (Å²) in [4.78, 5) is 0. The van der Waals surface area contributed by atoms with Crippen molar-refractivity contribution in [3.05, 3.63) is 42.0 Å². The van der Waals surface area contributed by atoms with Gasteiger partial charge in [0.15, 0.2) is 0 Å². The van der Waals surface area contributed by atoms with Gasteiger partial charge in [0.2, 0.25) is 0 Å². The predicted molar refractivity (Wildman–Crippen MR) is 59.7 cm³/mol. The van der Waals surface area contributed by atoms with Crippen LogP contribution in [0.5, 0.6) is 17.2 Å². The highest BCUT2D eigenvalue weighted by Gasteiger charge is 2.42. The Hall–Kier alpha value is -2.30. The van der Waals surface area contributed by atoms with E-state index in [0.717, 1.165) is 12.1 Å². The Bertz CT molecular complexity index is 638. The van der Waals surface area contributed by atoms with Crippen LogP contribution in [0.2, 0.25) is 0 Å². The molecule has 0 aromatic heterocycles. The highest BCUT2D eigenvalue weighted by molar-refractivity contribution is 5.77. The molecule has 0 atom stereocenters. The first kappa shape index (κ1) is 10.8. The van der Waals surface area contributed by atoms with Crippen molar-refractivity contribution in [3.8, 4) is 28.4 Å². The molecule has 5 heteroatoms. The second-order valence-corrected chi connectivity index (χ2v) is 4.03. The van der Waals surface area contributed by atoms with E-state index >= 15 is 0 Å². The Morgan fingerprint density at radius 1 is 0.889 bits per heavy atom. The summed E-state index contributed by atoms with van der Waals surface area (Å²) in [5, 5.41) is 18.6. The molecule has 2 aromatic rings. The Morgan fingerprint density at radius 2 is 1.50 bits per heavy atom. The zero-order valence-electron chi connectivity index (χ0n) is 9.02. The molecule has 92 valence electrons. The normalized spacial score (nSPS) is 15.4. The summed E-state index contributed by atoms with van der Waals surface area (Å²) in [6, 6.07) is 7.73. The lowest BCUT2D eigenvalue weighted by Crippen LogP contribution is -2.26. The van der Waals surface area contributed by atoms with Gasteiger partial charge in [-0.2, -0.15) is 8.78 Å². The van der Waals surface area contributed by atoms with E-state index in [0.29, 0.717) is 5.56 Å². The minimum atomic E-state index is -3.53. The van der Waals surface area contributed by atoms with Gasteiger partial charge in [-0.15, -0.1) is 0 Å². The van der Waals surface area contributed by atoms with Crippen molar-refractivity contribution in [1.29, 1.82) is 0 Å². The summed E-state index contributed by atoms with van der Waals surface area (Å²) < 4.78 is 32.1. The van der Waals surface area contributed by atoms with Crippen molar-refractivity contribution in [1.82, 2.24) is 0 Å². The number of ether oxygens (including phenoxy) is 1. The average Bonchev–Trinajstić information content (AvgIpc) is 2.28. The summed E-state index contributed by atoms with van der Waals surface area (Å²) >= 11 is 0. The smallest absolute Gasteiger partial charge is 0.427 e. The number of halogens is 2. The molecule has 0 spiro atoms. The Morgan fingerprint density at radius 3 is 2.22 bits per heavy atom. The topological polar surface area (TPSA) is 49.7 Å². The van der Waals surface area contributed by atoms with Crippen LogP contribution in [0, 0.1) is 0 Å². The van der Waals surface area contributed by atoms with E-state index in [2.05, 4.69) is 4.74 Å². The van der Waals surface area contributed by atoms with Gasteiger partial charge in [-0.25, -0.2) is 0 Å². The lowest BCUT2D eigenvalue weighted by Gasteiger charge is -2.27. The first-order valence-electron chi connectivity index (χ1n) is 5.21. The van der Waals surface area contributed by atoms with Gasteiger partial charge in [-0.1, -0.05) is 0 Å². The molecule has 3 rings (SSSR count). The number of fused-ring (bicyclic) bond motifs is 3. The number of hydrogen-bond donors (Lipinski definition) is 2. The Kier molecular flexibility index (Phi) is 2.02. The molecular weight excluding hydrogens is 242 g/mol. The molecule has 0 aliphatic carbocycles. The molecule has 2 aromatic carbocycles. The quantitative estimate of drug-likeness (QED) is 0.754. The van der Waals surface area contributed by atoms with Crippen LogP contribution in [0.4, 0.5) is 8.78 Å². The molecule has 0 bridgehead atoms. The largest absolute Gasteiger partial charge is 0.508 e. The summed E-state index contributed by atoms with van der Waals surface area (Å²) in [6.07, 6.45) is -3.53. The van der Waals surface area contributed by atoms with Crippen LogP contribution in [-0.2, 0) is 6.11 Å². The number of hydrogen-bond acceptors (Lipinski definition) is 3. The van der Waals surface area contributed by atoms with E-state index in [1.54, 1.807) is 0 Å². The zero-order chi connectivity index (χ0) is 12.9.